The van der Waals surface area contributed by atoms with Crippen LogP contribution >= 0.6 is 11.5 Å². The maximum atomic E-state index is 12.9. The van der Waals surface area contributed by atoms with E-state index in [1.54, 1.807) is 12.1 Å². The van der Waals surface area contributed by atoms with Gasteiger partial charge in [-0.1, -0.05) is 12.1 Å². The molecule has 120 valence electrons. The molecular weight excluding hydrogens is 317 g/mol. The molecule has 0 amide bonds. The van der Waals surface area contributed by atoms with Crippen LogP contribution in [0, 0.1) is 5.82 Å². The number of nitrogens with one attached hydrogen (secondary N) is 1. The Hall–Kier alpha value is -2.35. The quantitative estimate of drug-likeness (QED) is 0.668. The van der Waals surface area contributed by atoms with Gasteiger partial charge in [0, 0.05) is 36.5 Å². The third kappa shape index (κ3) is 4.10. The first kappa shape index (κ1) is 15.5. The summed E-state index contributed by atoms with van der Waals surface area (Å²) in [6.45, 7) is 2.78. The first-order valence-electron chi connectivity index (χ1n) is 7.39. The highest BCUT2D eigenvalue weighted by molar-refractivity contribution is 7.09. The lowest BCUT2D eigenvalue weighted by atomic mass is 10.2. The van der Waals surface area contributed by atoms with Crippen LogP contribution in [0.4, 0.5) is 9.52 Å². The second-order valence-electron chi connectivity index (χ2n) is 4.92. The van der Waals surface area contributed by atoms with Crippen molar-refractivity contribution in [1.82, 2.24) is 19.5 Å². The number of aromatic nitrogens is 4. The van der Waals surface area contributed by atoms with Crippen LogP contribution < -0.4 is 5.32 Å². The zero-order valence-corrected chi connectivity index (χ0v) is 13.4. The van der Waals surface area contributed by atoms with Gasteiger partial charge in [-0.05, 0) is 30.7 Å². The van der Waals surface area contributed by atoms with Gasteiger partial charge in [0.05, 0.1) is 0 Å². The third-order valence-corrected chi connectivity index (χ3v) is 3.91. The van der Waals surface area contributed by atoms with Gasteiger partial charge in [0.15, 0.2) is 0 Å². The van der Waals surface area contributed by atoms with Crippen molar-refractivity contribution >= 4 is 16.7 Å². The van der Waals surface area contributed by atoms with Crippen LogP contribution in [-0.2, 0) is 12.8 Å². The van der Waals surface area contributed by atoms with Crippen LogP contribution in [0.25, 0.3) is 11.4 Å². The summed E-state index contributed by atoms with van der Waals surface area (Å²) >= 11 is 1.37. The van der Waals surface area contributed by atoms with E-state index in [1.165, 1.54) is 23.7 Å². The summed E-state index contributed by atoms with van der Waals surface area (Å²) in [5, 5.41) is 7.98. The van der Waals surface area contributed by atoms with E-state index < -0.39 is 0 Å². The Morgan fingerprint density at radius 1 is 1.22 bits per heavy atom. The summed E-state index contributed by atoms with van der Waals surface area (Å²) in [5.74, 6) is 1.62. The Morgan fingerprint density at radius 2 is 2.04 bits per heavy atom. The molecule has 0 saturated carbocycles. The average Bonchev–Trinajstić information content (AvgIpc) is 3.21. The molecule has 1 N–H and O–H groups in total. The Morgan fingerprint density at radius 3 is 2.78 bits per heavy atom. The van der Waals surface area contributed by atoms with Crippen molar-refractivity contribution in [2.45, 2.75) is 26.2 Å². The van der Waals surface area contributed by atoms with Gasteiger partial charge in [0.2, 0.25) is 16.8 Å². The summed E-state index contributed by atoms with van der Waals surface area (Å²) in [5.41, 5.74) is 0.737. The van der Waals surface area contributed by atoms with Crippen molar-refractivity contribution < 1.29 is 8.91 Å². The van der Waals surface area contributed by atoms with Crippen LogP contribution in [0.1, 0.15) is 25.1 Å². The molecule has 0 saturated heterocycles. The summed E-state index contributed by atoms with van der Waals surface area (Å²) in [4.78, 5) is 8.66. The van der Waals surface area contributed by atoms with E-state index in [4.69, 9.17) is 4.52 Å². The molecule has 8 heteroatoms. The van der Waals surface area contributed by atoms with Gasteiger partial charge in [0.25, 0.3) is 0 Å². The van der Waals surface area contributed by atoms with Crippen LogP contribution in [0.2, 0.25) is 0 Å². The van der Waals surface area contributed by atoms with Crippen molar-refractivity contribution in [1.29, 1.82) is 0 Å². The number of hydrogen-bond donors (Lipinski definition) is 1. The lowest BCUT2D eigenvalue weighted by Crippen LogP contribution is -2.03. The number of hydrogen-bond acceptors (Lipinski definition) is 7. The molecule has 0 unspecified atom stereocenters. The van der Waals surface area contributed by atoms with Gasteiger partial charge >= 0.3 is 0 Å². The fourth-order valence-corrected chi connectivity index (χ4v) is 2.65. The van der Waals surface area contributed by atoms with Crippen molar-refractivity contribution in [3.8, 4) is 11.4 Å². The van der Waals surface area contributed by atoms with Gasteiger partial charge in [-0.3, -0.25) is 0 Å². The molecule has 3 aromatic rings. The summed E-state index contributed by atoms with van der Waals surface area (Å²) in [6.07, 6.45) is 2.35. The van der Waals surface area contributed by atoms with E-state index in [2.05, 4.69) is 24.8 Å². The highest BCUT2D eigenvalue weighted by Gasteiger charge is 2.08. The molecule has 3 rings (SSSR count). The maximum Gasteiger partial charge on any atom is 0.227 e. The van der Waals surface area contributed by atoms with Crippen LogP contribution in [0.3, 0.4) is 0 Å². The van der Waals surface area contributed by atoms with E-state index in [1.807, 2.05) is 6.92 Å². The average molecular weight is 333 g/mol. The highest BCUT2D eigenvalue weighted by atomic mass is 32.1. The number of benzene rings is 1. The number of anilines is 1. The van der Waals surface area contributed by atoms with E-state index in [-0.39, 0.29) is 5.82 Å². The Bertz CT molecular complexity index is 755. The second-order valence-corrected chi connectivity index (χ2v) is 5.67. The van der Waals surface area contributed by atoms with E-state index in [0.717, 1.165) is 35.9 Å². The molecule has 2 heterocycles. The normalized spacial score (nSPS) is 10.9. The fraction of sp³-hybridized carbons (Fsp3) is 0.333. The minimum absolute atomic E-state index is 0.286. The maximum absolute atomic E-state index is 12.9. The molecule has 2 aromatic heterocycles. The zero-order valence-electron chi connectivity index (χ0n) is 12.6. The molecule has 6 nitrogen and oxygen atoms in total. The van der Waals surface area contributed by atoms with Gasteiger partial charge in [-0.25, -0.2) is 9.37 Å². The molecule has 0 fully saturated rings. The molecule has 0 radical (unpaired) electrons. The van der Waals surface area contributed by atoms with Crippen molar-refractivity contribution in [3.63, 3.8) is 0 Å². The molecule has 23 heavy (non-hydrogen) atoms. The number of aryl methyl sites for hydroxylation is 2. The molecule has 0 bridgehead atoms. The minimum Gasteiger partial charge on any atom is -0.360 e. The zero-order chi connectivity index (χ0) is 16.1. The van der Waals surface area contributed by atoms with E-state index in [9.17, 15) is 4.39 Å². The molecule has 0 aliphatic rings. The molecule has 0 atom stereocenters. The number of halogens is 1. The lowest BCUT2D eigenvalue weighted by Gasteiger charge is -1.99. The van der Waals surface area contributed by atoms with Crippen LogP contribution in [0.15, 0.2) is 28.8 Å². The van der Waals surface area contributed by atoms with Crippen molar-refractivity contribution in [2.24, 2.45) is 0 Å². The van der Waals surface area contributed by atoms with E-state index in [0.29, 0.717) is 18.1 Å². The number of rotatable bonds is 7. The largest absolute Gasteiger partial charge is 0.360 e. The Kier molecular flexibility index (Phi) is 4.92. The first-order valence-corrected chi connectivity index (χ1v) is 8.17. The monoisotopic (exact) mass is 333 g/mol. The molecular formula is C15H16FN5OS. The van der Waals surface area contributed by atoms with Crippen molar-refractivity contribution in [3.05, 3.63) is 41.8 Å². The van der Waals surface area contributed by atoms with Crippen LogP contribution in [0.5, 0.6) is 0 Å². The molecule has 0 spiro atoms. The molecule has 1 aromatic carbocycles. The number of nitrogens with zero attached hydrogens (tertiary/aromatic N) is 4. The fourth-order valence-electron chi connectivity index (χ4n) is 1.98. The predicted molar refractivity (Wildman–Crippen MR) is 85.8 cm³/mol. The lowest BCUT2D eigenvalue weighted by molar-refractivity contribution is 0.377. The van der Waals surface area contributed by atoms with Gasteiger partial charge in [0.1, 0.15) is 11.6 Å². The highest BCUT2D eigenvalue weighted by Crippen LogP contribution is 2.17. The Labute approximate surface area is 136 Å². The molecule has 0 aliphatic carbocycles. The van der Waals surface area contributed by atoms with Gasteiger partial charge < -0.3 is 9.84 Å². The topological polar surface area (TPSA) is 76.7 Å². The predicted octanol–water partition coefficient (Wildman–Crippen LogP) is 3.33. The minimum atomic E-state index is -0.286. The van der Waals surface area contributed by atoms with Gasteiger partial charge in [-0.15, -0.1) is 0 Å². The van der Waals surface area contributed by atoms with Crippen LogP contribution in [-0.4, -0.2) is 26.0 Å². The van der Waals surface area contributed by atoms with Crippen molar-refractivity contribution in [2.75, 3.05) is 11.9 Å². The summed E-state index contributed by atoms with van der Waals surface area (Å²) in [6, 6.07) is 6.02. The van der Waals surface area contributed by atoms with E-state index >= 15 is 0 Å². The summed E-state index contributed by atoms with van der Waals surface area (Å²) in [7, 11) is 0. The molecule has 0 aliphatic heterocycles. The third-order valence-electron chi connectivity index (χ3n) is 3.20. The summed E-state index contributed by atoms with van der Waals surface area (Å²) < 4.78 is 22.3. The SMILES string of the molecule is CCc1nsc(NCCCc2nc(-c3ccc(F)cc3)no2)n1. The first-order chi connectivity index (χ1) is 11.2. The second kappa shape index (κ2) is 7.28. The Balaban J connectivity index is 1.48. The van der Waals surface area contributed by atoms with Gasteiger partial charge in [-0.2, -0.15) is 9.36 Å². The standard InChI is InChI=1S/C15H16FN5OS/c1-2-12-18-15(23-21-12)17-9-3-4-13-19-14(20-22-13)10-5-7-11(16)8-6-10/h5-8H,2-4,9H2,1H3,(H,17,18,21). The smallest absolute Gasteiger partial charge is 0.227 e.